The van der Waals surface area contributed by atoms with Gasteiger partial charge in [0.1, 0.15) is 13.2 Å². The maximum Gasteiger partial charge on any atom is 0.306 e. The fourth-order valence-electron chi connectivity index (χ4n) is 10.6. The Labute approximate surface area is 463 Å². The number of unbranched alkanes of at least 4 members (excludes halogenated alkanes) is 46. The molecule has 0 bridgehead atoms. The normalized spacial score (nSPS) is 12.4. The zero-order valence-electron chi connectivity index (χ0n) is 51.0. The van der Waals surface area contributed by atoms with Crippen molar-refractivity contribution in [2.75, 3.05) is 13.2 Å². The first-order chi connectivity index (χ1) is 36.3. The first kappa shape index (κ1) is 72.4. The second-order valence-electron chi connectivity index (χ2n) is 24.2. The second-order valence-corrected chi connectivity index (χ2v) is 24.2. The first-order valence-corrected chi connectivity index (χ1v) is 33.8. The van der Waals surface area contributed by atoms with Gasteiger partial charge in [0.15, 0.2) is 6.10 Å². The predicted molar refractivity (Wildman–Crippen MR) is 321 cm³/mol. The topological polar surface area (TPSA) is 78.9 Å². The van der Waals surface area contributed by atoms with E-state index in [1.807, 2.05) is 0 Å². The number of hydrogen-bond donors (Lipinski definition) is 0. The lowest BCUT2D eigenvalue weighted by Gasteiger charge is -2.18. The molecule has 74 heavy (non-hydrogen) atoms. The van der Waals surface area contributed by atoms with Crippen LogP contribution < -0.4 is 0 Å². The molecule has 0 aliphatic rings. The summed E-state index contributed by atoms with van der Waals surface area (Å²) in [4.78, 5) is 38.4. The highest BCUT2D eigenvalue weighted by molar-refractivity contribution is 5.71. The molecule has 0 spiro atoms. The molecule has 0 aliphatic carbocycles. The zero-order valence-corrected chi connectivity index (χ0v) is 51.0. The van der Waals surface area contributed by atoms with Gasteiger partial charge in [0.2, 0.25) is 0 Å². The standard InChI is InChI=1S/C68H132O6/c1-6-8-9-10-11-12-13-14-15-18-22-28-33-38-43-48-53-58-66(69)72-61-65(62-73-67(70)59-54-49-44-39-34-29-25-24-27-32-37-42-47-52-57-64(5)7-2)74-68(71)60-55-50-45-40-35-30-23-20-17-16-19-21-26-31-36-41-46-51-56-63(3)4/h63-65H,6-62H2,1-5H3/t64?,65-/m0/s1. The Bertz CT molecular complexity index is 1140. The fraction of sp³-hybridized carbons (Fsp3) is 0.956. The van der Waals surface area contributed by atoms with Crippen molar-refractivity contribution >= 4 is 17.9 Å². The molecule has 0 aromatic carbocycles. The first-order valence-electron chi connectivity index (χ1n) is 33.8. The van der Waals surface area contributed by atoms with Gasteiger partial charge in [-0.15, -0.1) is 0 Å². The molecule has 6 heteroatoms. The van der Waals surface area contributed by atoms with Crippen molar-refractivity contribution in [3.8, 4) is 0 Å². The summed E-state index contributed by atoms with van der Waals surface area (Å²) in [7, 11) is 0. The molecular weight excluding hydrogens is 913 g/mol. The lowest BCUT2D eigenvalue weighted by molar-refractivity contribution is -0.167. The van der Waals surface area contributed by atoms with Crippen LogP contribution >= 0.6 is 0 Å². The molecule has 0 saturated carbocycles. The van der Waals surface area contributed by atoms with Crippen molar-refractivity contribution in [2.45, 2.75) is 394 Å². The molecule has 0 aliphatic heterocycles. The van der Waals surface area contributed by atoms with Gasteiger partial charge in [-0.1, -0.05) is 349 Å². The van der Waals surface area contributed by atoms with Crippen LogP contribution in [0.25, 0.3) is 0 Å². The average Bonchev–Trinajstić information content (AvgIpc) is 3.39. The minimum absolute atomic E-state index is 0.0614. The van der Waals surface area contributed by atoms with E-state index in [0.717, 1.165) is 69.6 Å². The van der Waals surface area contributed by atoms with Crippen molar-refractivity contribution in [1.82, 2.24) is 0 Å². The summed E-state index contributed by atoms with van der Waals surface area (Å²) in [5, 5.41) is 0. The molecule has 2 atom stereocenters. The van der Waals surface area contributed by atoms with E-state index in [-0.39, 0.29) is 31.1 Å². The molecule has 0 aromatic heterocycles. The Hall–Kier alpha value is -1.59. The highest BCUT2D eigenvalue weighted by Crippen LogP contribution is 2.20. The third-order valence-corrected chi connectivity index (χ3v) is 16.1. The highest BCUT2D eigenvalue weighted by atomic mass is 16.6. The molecule has 0 radical (unpaired) electrons. The van der Waals surface area contributed by atoms with Gasteiger partial charge < -0.3 is 14.2 Å². The molecule has 0 rings (SSSR count). The van der Waals surface area contributed by atoms with Crippen molar-refractivity contribution in [3.63, 3.8) is 0 Å². The van der Waals surface area contributed by atoms with E-state index in [1.165, 1.54) is 276 Å². The number of hydrogen-bond acceptors (Lipinski definition) is 6. The smallest absolute Gasteiger partial charge is 0.306 e. The molecular formula is C68H132O6. The molecule has 0 aromatic rings. The SMILES string of the molecule is CCCCCCCCCCCCCCCCCCCC(=O)OC[C@@H](COC(=O)CCCCCCCCCCCCCCCCC(C)CC)OC(=O)CCCCCCCCCCCCCCCCCCCCC(C)C. The number of carbonyl (C=O) groups excluding carboxylic acids is 3. The Kier molecular flexibility index (Phi) is 59.3. The maximum atomic E-state index is 12.9. The second kappa shape index (κ2) is 60.6. The van der Waals surface area contributed by atoms with Crippen molar-refractivity contribution < 1.29 is 28.6 Å². The Morgan fingerprint density at radius 1 is 0.284 bits per heavy atom. The summed E-state index contributed by atoms with van der Waals surface area (Å²) in [6, 6.07) is 0. The molecule has 1 unspecified atom stereocenters. The number of ether oxygens (including phenoxy) is 3. The third-order valence-electron chi connectivity index (χ3n) is 16.1. The molecule has 440 valence electrons. The Morgan fingerprint density at radius 3 is 0.770 bits per heavy atom. The van der Waals surface area contributed by atoms with Crippen LogP contribution in [0.15, 0.2) is 0 Å². The van der Waals surface area contributed by atoms with Crippen LogP contribution in [0.3, 0.4) is 0 Å². The van der Waals surface area contributed by atoms with E-state index < -0.39 is 6.10 Å². The van der Waals surface area contributed by atoms with E-state index in [9.17, 15) is 14.4 Å². The van der Waals surface area contributed by atoms with Gasteiger partial charge in [0.25, 0.3) is 0 Å². The van der Waals surface area contributed by atoms with Crippen molar-refractivity contribution in [1.29, 1.82) is 0 Å². The van der Waals surface area contributed by atoms with Crippen LogP contribution in [0, 0.1) is 11.8 Å². The number of carbonyl (C=O) groups is 3. The zero-order chi connectivity index (χ0) is 53.9. The van der Waals surface area contributed by atoms with Crippen LogP contribution in [0.2, 0.25) is 0 Å². The molecule has 6 nitrogen and oxygen atoms in total. The van der Waals surface area contributed by atoms with E-state index in [1.54, 1.807) is 0 Å². The van der Waals surface area contributed by atoms with Gasteiger partial charge in [0.05, 0.1) is 0 Å². The quantitative estimate of drug-likeness (QED) is 0.0343. The van der Waals surface area contributed by atoms with Gasteiger partial charge >= 0.3 is 17.9 Å². The van der Waals surface area contributed by atoms with Gasteiger partial charge in [0, 0.05) is 19.3 Å². The predicted octanol–water partition coefficient (Wildman–Crippen LogP) is 22.8. The Morgan fingerprint density at radius 2 is 0.514 bits per heavy atom. The minimum atomic E-state index is -0.764. The molecule has 0 N–H and O–H groups in total. The van der Waals surface area contributed by atoms with E-state index in [2.05, 4.69) is 34.6 Å². The highest BCUT2D eigenvalue weighted by Gasteiger charge is 2.20. The van der Waals surface area contributed by atoms with Crippen molar-refractivity contribution in [3.05, 3.63) is 0 Å². The van der Waals surface area contributed by atoms with Gasteiger partial charge in [-0.25, -0.2) is 0 Å². The molecule has 0 saturated heterocycles. The molecule has 0 heterocycles. The number of esters is 3. The largest absolute Gasteiger partial charge is 0.462 e. The maximum absolute atomic E-state index is 12.9. The lowest BCUT2D eigenvalue weighted by atomic mass is 9.99. The Balaban J connectivity index is 4.28. The van der Waals surface area contributed by atoms with Crippen LogP contribution in [0.5, 0.6) is 0 Å². The van der Waals surface area contributed by atoms with Crippen LogP contribution in [-0.4, -0.2) is 37.2 Å². The third kappa shape index (κ3) is 59.7. The van der Waals surface area contributed by atoms with Gasteiger partial charge in [-0.05, 0) is 31.1 Å². The fourth-order valence-corrected chi connectivity index (χ4v) is 10.6. The number of rotatable bonds is 62. The summed E-state index contributed by atoms with van der Waals surface area (Å²) in [6.07, 6.45) is 68.2. The van der Waals surface area contributed by atoms with E-state index >= 15 is 0 Å². The van der Waals surface area contributed by atoms with Crippen LogP contribution in [-0.2, 0) is 28.6 Å². The monoisotopic (exact) mass is 1050 g/mol. The van der Waals surface area contributed by atoms with Gasteiger partial charge in [-0.2, -0.15) is 0 Å². The van der Waals surface area contributed by atoms with E-state index in [0.29, 0.717) is 19.3 Å². The van der Waals surface area contributed by atoms with Crippen LogP contribution in [0.4, 0.5) is 0 Å². The molecule has 0 fully saturated rings. The van der Waals surface area contributed by atoms with Gasteiger partial charge in [-0.3, -0.25) is 14.4 Å². The van der Waals surface area contributed by atoms with E-state index in [4.69, 9.17) is 14.2 Å². The lowest BCUT2D eigenvalue weighted by Crippen LogP contribution is -2.30. The summed E-state index contributed by atoms with van der Waals surface area (Å²) in [5.41, 5.74) is 0. The van der Waals surface area contributed by atoms with Crippen LogP contribution in [0.1, 0.15) is 388 Å². The summed E-state index contributed by atoms with van der Waals surface area (Å²) in [6.45, 7) is 11.5. The van der Waals surface area contributed by atoms with Crippen molar-refractivity contribution in [2.24, 2.45) is 11.8 Å². The minimum Gasteiger partial charge on any atom is -0.462 e. The summed E-state index contributed by atoms with van der Waals surface area (Å²) >= 11 is 0. The molecule has 0 amide bonds. The average molecular weight is 1050 g/mol. The summed E-state index contributed by atoms with van der Waals surface area (Å²) in [5.74, 6) is 0.927. The summed E-state index contributed by atoms with van der Waals surface area (Å²) < 4.78 is 17.0.